The summed E-state index contributed by atoms with van der Waals surface area (Å²) >= 11 is 0. The molecule has 0 aromatic carbocycles. The molecule has 14 heavy (non-hydrogen) atoms. The van der Waals surface area contributed by atoms with Crippen molar-refractivity contribution in [1.29, 1.82) is 0 Å². The molecule has 0 bridgehead atoms. The number of nitrogens with one attached hydrogen (secondary N) is 1. The maximum Gasteiger partial charge on any atom is 0.296 e. The van der Waals surface area contributed by atoms with E-state index in [2.05, 4.69) is 9.97 Å². The van der Waals surface area contributed by atoms with Crippen LogP contribution in [0.5, 0.6) is 0 Å². The number of fused-ring (bicyclic) bond motifs is 1. The molecule has 2 aromatic heterocycles. The molecule has 0 aliphatic rings. The first kappa shape index (κ1) is 8.68. The predicted molar refractivity (Wildman–Crippen MR) is 52.2 cm³/mol. The number of nitro groups is 1. The number of hydrogen-bond acceptors (Lipinski definition) is 3. The monoisotopic (exact) mass is 191 g/mol. The summed E-state index contributed by atoms with van der Waals surface area (Å²) in [5.41, 5.74) is 2.39. The average molecular weight is 191 g/mol. The number of hydrogen-bond donors (Lipinski definition) is 1. The molecular formula is C9H9N3O2. The quantitative estimate of drug-likeness (QED) is 0.554. The van der Waals surface area contributed by atoms with Gasteiger partial charge in [-0.15, -0.1) is 0 Å². The Balaban J connectivity index is 2.85. The lowest BCUT2D eigenvalue weighted by Gasteiger charge is -1.97. The van der Waals surface area contributed by atoms with Crippen LogP contribution in [-0.4, -0.2) is 14.9 Å². The Labute approximate surface area is 79.9 Å². The van der Waals surface area contributed by atoms with Gasteiger partial charge in [-0.3, -0.25) is 10.1 Å². The zero-order chi connectivity index (χ0) is 10.3. The third-order valence-electron chi connectivity index (χ3n) is 2.14. The molecule has 0 fully saturated rings. The highest BCUT2D eigenvalue weighted by Crippen LogP contribution is 2.27. The first-order chi connectivity index (χ1) is 6.59. The number of aromatic amines is 1. The highest BCUT2D eigenvalue weighted by atomic mass is 16.6. The zero-order valence-corrected chi connectivity index (χ0v) is 7.87. The molecule has 0 aliphatic heterocycles. The van der Waals surface area contributed by atoms with Gasteiger partial charge in [-0.05, 0) is 25.5 Å². The van der Waals surface area contributed by atoms with Crippen LogP contribution in [0, 0.1) is 24.0 Å². The highest BCUT2D eigenvalue weighted by molar-refractivity contribution is 5.89. The predicted octanol–water partition coefficient (Wildman–Crippen LogP) is 2.09. The fourth-order valence-electron chi connectivity index (χ4n) is 1.62. The molecule has 0 atom stereocenters. The maximum absolute atomic E-state index is 10.7. The molecule has 0 saturated heterocycles. The molecule has 1 N–H and O–H groups in total. The number of aryl methyl sites for hydroxylation is 2. The van der Waals surface area contributed by atoms with Gasteiger partial charge in [0, 0.05) is 5.69 Å². The highest BCUT2D eigenvalue weighted by Gasteiger charge is 2.16. The van der Waals surface area contributed by atoms with Gasteiger partial charge in [0.25, 0.3) is 5.69 Å². The van der Waals surface area contributed by atoms with E-state index < -0.39 is 4.92 Å². The van der Waals surface area contributed by atoms with Crippen LogP contribution in [-0.2, 0) is 0 Å². The third-order valence-corrected chi connectivity index (χ3v) is 2.14. The number of nitrogens with zero attached hydrogens (tertiary/aromatic N) is 2. The topological polar surface area (TPSA) is 71.8 Å². The van der Waals surface area contributed by atoms with Crippen LogP contribution in [0.4, 0.5) is 5.69 Å². The molecule has 0 radical (unpaired) electrons. The van der Waals surface area contributed by atoms with Gasteiger partial charge in [-0.25, -0.2) is 4.98 Å². The van der Waals surface area contributed by atoms with E-state index in [1.807, 2.05) is 19.9 Å². The van der Waals surface area contributed by atoms with Crippen LogP contribution >= 0.6 is 0 Å². The molecule has 0 spiro atoms. The molecular weight excluding hydrogens is 182 g/mol. The minimum atomic E-state index is -0.400. The van der Waals surface area contributed by atoms with E-state index in [-0.39, 0.29) is 5.69 Å². The van der Waals surface area contributed by atoms with Crippen LogP contribution in [0.15, 0.2) is 12.3 Å². The van der Waals surface area contributed by atoms with Gasteiger partial charge in [0.15, 0.2) is 0 Å². The van der Waals surface area contributed by atoms with Gasteiger partial charge in [0.2, 0.25) is 0 Å². The number of pyridine rings is 1. The van der Waals surface area contributed by atoms with Crippen molar-refractivity contribution in [2.24, 2.45) is 0 Å². The zero-order valence-electron chi connectivity index (χ0n) is 7.87. The van der Waals surface area contributed by atoms with E-state index in [0.717, 1.165) is 11.3 Å². The van der Waals surface area contributed by atoms with Gasteiger partial charge in [-0.1, -0.05) is 0 Å². The lowest BCUT2D eigenvalue weighted by molar-refractivity contribution is -0.383. The molecule has 5 nitrogen and oxygen atoms in total. The van der Waals surface area contributed by atoms with Gasteiger partial charge in [0.1, 0.15) is 5.65 Å². The smallest absolute Gasteiger partial charge is 0.296 e. The van der Waals surface area contributed by atoms with E-state index in [1.165, 1.54) is 6.20 Å². The molecule has 0 saturated carbocycles. The molecule has 0 aliphatic carbocycles. The minimum absolute atomic E-state index is 0.0880. The van der Waals surface area contributed by atoms with Crippen molar-refractivity contribution in [1.82, 2.24) is 9.97 Å². The van der Waals surface area contributed by atoms with Crippen LogP contribution in [0.1, 0.15) is 11.3 Å². The maximum atomic E-state index is 10.7. The molecule has 2 rings (SSSR count). The number of rotatable bonds is 1. The second kappa shape index (κ2) is 2.80. The summed E-state index contributed by atoms with van der Waals surface area (Å²) in [7, 11) is 0. The summed E-state index contributed by atoms with van der Waals surface area (Å²) in [6.07, 6.45) is 1.38. The Morgan fingerprint density at radius 2 is 2.21 bits per heavy atom. The Hall–Kier alpha value is -1.91. The molecule has 5 heteroatoms. The summed E-state index contributed by atoms with van der Waals surface area (Å²) in [5.74, 6) is 0. The molecule has 72 valence electrons. The van der Waals surface area contributed by atoms with Gasteiger partial charge in [-0.2, -0.15) is 0 Å². The Bertz CT molecular complexity index is 516. The van der Waals surface area contributed by atoms with Crippen LogP contribution in [0.2, 0.25) is 0 Å². The lowest BCUT2D eigenvalue weighted by atomic mass is 10.1. The van der Waals surface area contributed by atoms with E-state index in [9.17, 15) is 10.1 Å². The summed E-state index contributed by atoms with van der Waals surface area (Å²) in [6, 6.07) is 1.84. The van der Waals surface area contributed by atoms with Crippen LogP contribution in [0.25, 0.3) is 11.0 Å². The SMILES string of the molecule is Cc1cc(C)c2c([N+](=O)[O-])c[nH]c2n1. The summed E-state index contributed by atoms with van der Waals surface area (Å²) in [4.78, 5) is 17.2. The lowest BCUT2D eigenvalue weighted by Crippen LogP contribution is -1.89. The average Bonchev–Trinajstić information content (AvgIpc) is 2.47. The van der Waals surface area contributed by atoms with Crippen molar-refractivity contribution in [2.45, 2.75) is 13.8 Å². The van der Waals surface area contributed by atoms with Crippen molar-refractivity contribution in [2.75, 3.05) is 0 Å². The standard InChI is InChI=1S/C9H9N3O2/c1-5-3-6(2)11-9-8(5)7(4-10-9)12(13)14/h3-4H,1-2H3,(H,10,11). The first-order valence-corrected chi connectivity index (χ1v) is 4.19. The second-order valence-corrected chi connectivity index (χ2v) is 3.24. The van der Waals surface area contributed by atoms with E-state index in [1.54, 1.807) is 0 Å². The summed E-state index contributed by atoms with van der Waals surface area (Å²) in [6.45, 7) is 3.71. The van der Waals surface area contributed by atoms with Crippen molar-refractivity contribution in [3.05, 3.63) is 33.6 Å². The van der Waals surface area contributed by atoms with E-state index >= 15 is 0 Å². The van der Waals surface area contributed by atoms with E-state index in [0.29, 0.717) is 11.0 Å². The Morgan fingerprint density at radius 1 is 1.50 bits per heavy atom. The Morgan fingerprint density at radius 3 is 2.86 bits per heavy atom. The van der Waals surface area contributed by atoms with Gasteiger partial charge < -0.3 is 4.98 Å². The second-order valence-electron chi connectivity index (χ2n) is 3.24. The largest absolute Gasteiger partial charge is 0.340 e. The first-order valence-electron chi connectivity index (χ1n) is 4.19. The normalized spacial score (nSPS) is 10.7. The minimum Gasteiger partial charge on any atom is -0.340 e. The third kappa shape index (κ3) is 1.14. The molecule has 2 heterocycles. The van der Waals surface area contributed by atoms with Crippen molar-refractivity contribution < 1.29 is 4.92 Å². The summed E-state index contributed by atoms with van der Waals surface area (Å²) < 4.78 is 0. The van der Waals surface area contributed by atoms with Crippen molar-refractivity contribution in [3.63, 3.8) is 0 Å². The number of aromatic nitrogens is 2. The number of H-pyrrole nitrogens is 1. The fraction of sp³-hybridized carbons (Fsp3) is 0.222. The molecule has 2 aromatic rings. The van der Waals surface area contributed by atoms with Crippen molar-refractivity contribution in [3.8, 4) is 0 Å². The van der Waals surface area contributed by atoms with Crippen LogP contribution in [0.3, 0.4) is 0 Å². The molecule has 0 unspecified atom stereocenters. The van der Waals surface area contributed by atoms with Gasteiger partial charge >= 0.3 is 0 Å². The van der Waals surface area contributed by atoms with Gasteiger partial charge in [0.05, 0.1) is 16.5 Å². The fourth-order valence-corrected chi connectivity index (χ4v) is 1.62. The summed E-state index contributed by atoms with van der Waals surface area (Å²) in [5, 5.41) is 11.3. The van der Waals surface area contributed by atoms with Crippen LogP contribution < -0.4 is 0 Å². The van der Waals surface area contributed by atoms with Crippen molar-refractivity contribution >= 4 is 16.7 Å². The van der Waals surface area contributed by atoms with E-state index in [4.69, 9.17) is 0 Å². The molecule has 0 amide bonds. The Kier molecular flexibility index (Phi) is 1.73.